The van der Waals surface area contributed by atoms with Gasteiger partial charge in [0.05, 0.1) is 0 Å². The maximum atomic E-state index is 11.7. The van der Waals surface area contributed by atoms with Crippen molar-refractivity contribution in [1.82, 2.24) is 25.4 Å². The van der Waals surface area contributed by atoms with E-state index in [0.717, 1.165) is 11.1 Å². The number of benzene rings is 1. The van der Waals surface area contributed by atoms with Gasteiger partial charge in [-0.25, -0.2) is 10.2 Å². The molecule has 2 heterocycles. The number of aromatic amines is 1. The van der Waals surface area contributed by atoms with Crippen LogP contribution in [0.4, 0.5) is 5.95 Å². The van der Waals surface area contributed by atoms with Crippen molar-refractivity contribution in [3.63, 3.8) is 0 Å². The molecule has 0 saturated heterocycles. The summed E-state index contributed by atoms with van der Waals surface area (Å²) in [6, 6.07) is 13.6. The molecule has 0 amide bonds. The Hall–Kier alpha value is -3.06. The molecule has 7 nitrogen and oxygen atoms in total. The SMILES string of the molecule is Cc1ccnc(-c2nc(NNCc3ccccc3)nc(=O)[nH]2)c1. The third-order valence-electron chi connectivity index (χ3n) is 3.14. The summed E-state index contributed by atoms with van der Waals surface area (Å²) in [5.41, 5.74) is 8.07. The monoisotopic (exact) mass is 308 g/mol. The summed E-state index contributed by atoms with van der Waals surface area (Å²) in [7, 11) is 0. The third kappa shape index (κ3) is 3.98. The number of rotatable bonds is 5. The van der Waals surface area contributed by atoms with E-state index in [1.165, 1.54) is 0 Å². The van der Waals surface area contributed by atoms with E-state index < -0.39 is 5.69 Å². The number of anilines is 1. The van der Waals surface area contributed by atoms with Gasteiger partial charge in [-0.15, -0.1) is 0 Å². The number of nitrogens with one attached hydrogen (secondary N) is 3. The predicted molar refractivity (Wildman–Crippen MR) is 87.5 cm³/mol. The highest BCUT2D eigenvalue weighted by molar-refractivity contribution is 5.51. The van der Waals surface area contributed by atoms with E-state index in [9.17, 15) is 4.79 Å². The fourth-order valence-corrected chi connectivity index (χ4v) is 2.05. The van der Waals surface area contributed by atoms with Crippen LogP contribution in [-0.2, 0) is 6.54 Å². The lowest BCUT2D eigenvalue weighted by Crippen LogP contribution is -2.25. The minimum atomic E-state index is -0.484. The van der Waals surface area contributed by atoms with Crippen LogP contribution in [0.25, 0.3) is 11.5 Å². The Labute approximate surface area is 132 Å². The molecule has 0 bridgehead atoms. The number of aromatic nitrogens is 4. The fourth-order valence-electron chi connectivity index (χ4n) is 2.05. The normalized spacial score (nSPS) is 10.5. The quantitative estimate of drug-likeness (QED) is 0.620. The zero-order valence-electron chi connectivity index (χ0n) is 12.6. The van der Waals surface area contributed by atoms with Crippen LogP contribution in [0, 0.1) is 6.92 Å². The molecular weight excluding hydrogens is 292 g/mol. The molecule has 0 aliphatic rings. The molecule has 0 saturated carbocycles. The molecule has 0 atom stereocenters. The predicted octanol–water partition coefficient (Wildman–Crippen LogP) is 1.65. The van der Waals surface area contributed by atoms with Gasteiger partial charge in [-0.2, -0.15) is 9.97 Å². The first-order chi connectivity index (χ1) is 11.2. The molecule has 0 aliphatic carbocycles. The highest BCUT2D eigenvalue weighted by atomic mass is 16.1. The van der Waals surface area contributed by atoms with Gasteiger partial charge in [-0.1, -0.05) is 30.3 Å². The topological polar surface area (TPSA) is 95.6 Å². The van der Waals surface area contributed by atoms with Crippen molar-refractivity contribution in [2.75, 3.05) is 5.43 Å². The zero-order chi connectivity index (χ0) is 16.1. The molecule has 3 rings (SSSR count). The number of aryl methyl sites for hydroxylation is 1. The van der Waals surface area contributed by atoms with Crippen molar-refractivity contribution in [3.05, 3.63) is 70.3 Å². The molecule has 23 heavy (non-hydrogen) atoms. The molecule has 116 valence electrons. The van der Waals surface area contributed by atoms with Gasteiger partial charge >= 0.3 is 5.69 Å². The average molecular weight is 308 g/mol. The summed E-state index contributed by atoms with van der Waals surface area (Å²) in [6.07, 6.45) is 1.67. The molecule has 3 aromatic rings. The number of hydrazine groups is 1. The number of pyridine rings is 1. The molecule has 1 aromatic carbocycles. The largest absolute Gasteiger partial charge is 0.349 e. The van der Waals surface area contributed by atoms with Crippen LogP contribution in [0.3, 0.4) is 0 Å². The second-order valence-corrected chi connectivity index (χ2v) is 5.01. The number of H-pyrrole nitrogens is 1. The summed E-state index contributed by atoms with van der Waals surface area (Å²) in [5.74, 6) is 0.570. The van der Waals surface area contributed by atoms with Crippen LogP contribution < -0.4 is 16.5 Å². The van der Waals surface area contributed by atoms with E-state index in [1.807, 2.05) is 49.4 Å². The van der Waals surface area contributed by atoms with Gasteiger partial charge in [-0.05, 0) is 30.2 Å². The van der Waals surface area contributed by atoms with Crippen LogP contribution in [0.5, 0.6) is 0 Å². The molecule has 0 unspecified atom stereocenters. The molecule has 7 heteroatoms. The molecule has 0 radical (unpaired) electrons. The van der Waals surface area contributed by atoms with Crippen LogP contribution in [-0.4, -0.2) is 19.9 Å². The Balaban J connectivity index is 1.74. The summed E-state index contributed by atoms with van der Waals surface area (Å²) < 4.78 is 0. The molecule has 0 aliphatic heterocycles. The zero-order valence-corrected chi connectivity index (χ0v) is 12.6. The minimum Gasteiger partial charge on any atom is -0.289 e. The summed E-state index contributed by atoms with van der Waals surface area (Å²) in [4.78, 5) is 26.6. The Morgan fingerprint density at radius 2 is 1.96 bits per heavy atom. The van der Waals surface area contributed by atoms with Gasteiger partial charge in [0.15, 0.2) is 5.82 Å². The Kier molecular flexibility index (Phi) is 4.39. The van der Waals surface area contributed by atoms with Crippen molar-refractivity contribution in [2.45, 2.75) is 13.5 Å². The molecule has 0 spiro atoms. The molecule has 2 aromatic heterocycles. The van der Waals surface area contributed by atoms with Gasteiger partial charge in [0, 0.05) is 12.7 Å². The Morgan fingerprint density at radius 1 is 1.13 bits per heavy atom. The minimum absolute atomic E-state index is 0.197. The van der Waals surface area contributed by atoms with Crippen molar-refractivity contribution < 1.29 is 0 Å². The van der Waals surface area contributed by atoms with Crippen molar-refractivity contribution in [3.8, 4) is 11.5 Å². The summed E-state index contributed by atoms with van der Waals surface area (Å²) >= 11 is 0. The van der Waals surface area contributed by atoms with E-state index in [0.29, 0.717) is 18.1 Å². The van der Waals surface area contributed by atoms with Gasteiger partial charge in [0.25, 0.3) is 0 Å². The highest BCUT2D eigenvalue weighted by Crippen LogP contribution is 2.12. The van der Waals surface area contributed by atoms with Crippen LogP contribution in [0.1, 0.15) is 11.1 Å². The number of hydrogen-bond acceptors (Lipinski definition) is 6. The third-order valence-corrected chi connectivity index (χ3v) is 3.14. The molecular formula is C16H16N6O. The van der Waals surface area contributed by atoms with E-state index >= 15 is 0 Å². The van der Waals surface area contributed by atoms with Crippen LogP contribution >= 0.6 is 0 Å². The van der Waals surface area contributed by atoms with Gasteiger partial charge < -0.3 is 0 Å². The van der Waals surface area contributed by atoms with E-state index in [-0.39, 0.29) is 5.95 Å². The Bertz CT molecular complexity index is 846. The number of nitrogens with zero attached hydrogens (tertiary/aromatic N) is 3. The molecule has 0 fully saturated rings. The first-order valence-electron chi connectivity index (χ1n) is 7.15. The van der Waals surface area contributed by atoms with Gasteiger partial charge in [0.1, 0.15) is 5.69 Å². The smallest absolute Gasteiger partial charge is 0.289 e. The maximum Gasteiger partial charge on any atom is 0.349 e. The maximum absolute atomic E-state index is 11.7. The fraction of sp³-hybridized carbons (Fsp3) is 0.125. The summed E-state index contributed by atoms with van der Waals surface area (Å²) in [5, 5.41) is 0. The van der Waals surface area contributed by atoms with Crippen molar-refractivity contribution >= 4 is 5.95 Å². The van der Waals surface area contributed by atoms with Crippen molar-refractivity contribution in [1.29, 1.82) is 0 Å². The van der Waals surface area contributed by atoms with E-state index in [1.54, 1.807) is 6.20 Å². The lowest BCUT2D eigenvalue weighted by atomic mass is 10.2. The first kappa shape index (κ1) is 14.9. The average Bonchev–Trinajstić information content (AvgIpc) is 2.55. The van der Waals surface area contributed by atoms with Crippen LogP contribution in [0.15, 0.2) is 53.5 Å². The lowest BCUT2D eigenvalue weighted by molar-refractivity contribution is 0.779. The van der Waals surface area contributed by atoms with Crippen LogP contribution in [0.2, 0.25) is 0 Å². The second-order valence-electron chi connectivity index (χ2n) is 5.01. The first-order valence-corrected chi connectivity index (χ1v) is 7.15. The number of hydrogen-bond donors (Lipinski definition) is 3. The second kappa shape index (κ2) is 6.80. The van der Waals surface area contributed by atoms with Gasteiger partial charge in [0.2, 0.25) is 5.95 Å². The standard InChI is InChI=1S/C16H16N6O/c1-11-7-8-17-13(9-11)14-19-15(21-16(23)20-14)22-18-10-12-5-3-2-4-6-12/h2-9,18H,10H2,1H3,(H2,19,20,21,22,23). The summed E-state index contributed by atoms with van der Waals surface area (Å²) in [6.45, 7) is 2.53. The van der Waals surface area contributed by atoms with Crippen molar-refractivity contribution in [2.24, 2.45) is 0 Å². The van der Waals surface area contributed by atoms with E-state index in [2.05, 4.69) is 30.8 Å². The van der Waals surface area contributed by atoms with Gasteiger partial charge in [-0.3, -0.25) is 15.4 Å². The molecule has 3 N–H and O–H groups in total. The Morgan fingerprint density at radius 3 is 2.74 bits per heavy atom. The van der Waals surface area contributed by atoms with E-state index in [4.69, 9.17) is 0 Å². The highest BCUT2D eigenvalue weighted by Gasteiger charge is 2.06. The lowest BCUT2D eigenvalue weighted by Gasteiger charge is -2.08.